The average molecular weight is 142 g/mol. The molecule has 0 saturated heterocycles. The summed E-state index contributed by atoms with van der Waals surface area (Å²) in [6.07, 6.45) is 3.94. The van der Waals surface area contributed by atoms with Crippen molar-refractivity contribution in [3.63, 3.8) is 0 Å². The van der Waals surface area contributed by atoms with Crippen molar-refractivity contribution >= 4 is 6.21 Å². The van der Waals surface area contributed by atoms with Gasteiger partial charge in [0.2, 0.25) is 0 Å². The van der Waals surface area contributed by atoms with E-state index in [9.17, 15) is 0 Å². The van der Waals surface area contributed by atoms with Crippen LogP contribution in [0.1, 0.15) is 19.8 Å². The highest BCUT2D eigenvalue weighted by Gasteiger charge is 2.12. The Hall–Kier alpha value is -0.410. The largest absolute Gasteiger partial charge is 0.396 e. The first kappa shape index (κ1) is 7.69. The fourth-order valence-electron chi connectivity index (χ4n) is 1.16. The Bertz CT molecular complexity index is 125. The molecule has 0 aromatic rings. The van der Waals surface area contributed by atoms with E-state index in [4.69, 9.17) is 5.11 Å². The summed E-state index contributed by atoms with van der Waals surface area (Å²) in [5, 5.41) is 11.9. The third-order valence-electron chi connectivity index (χ3n) is 1.67. The number of rotatable bonds is 2. The van der Waals surface area contributed by atoms with E-state index in [1.165, 1.54) is 0 Å². The van der Waals surface area contributed by atoms with Gasteiger partial charge >= 0.3 is 0 Å². The van der Waals surface area contributed by atoms with Crippen molar-refractivity contribution in [2.75, 3.05) is 6.61 Å². The van der Waals surface area contributed by atoms with Crippen molar-refractivity contribution in [3.8, 4) is 0 Å². The molecule has 0 fully saturated rings. The quantitative estimate of drug-likeness (QED) is 0.576. The molecule has 0 aromatic heterocycles. The number of hydrogen-bond acceptors (Lipinski definition) is 3. The molecule has 0 spiro atoms. The van der Waals surface area contributed by atoms with E-state index in [1.807, 2.05) is 13.1 Å². The molecule has 0 amide bonds. The molecule has 2 atom stereocenters. The lowest BCUT2D eigenvalue weighted by molar-refractivity contribution is 0.259. The standard InChI is InChI=1S/C7H14N2O/c1-6-8-4-2-7(9-6)3-5-10/h4,6-7,9-10H,2-3,5H2,1H3. The summed E-state index contributed by atoms with van der Waals surface area (Å²) >= 11 is 0. The Balaban J connectivity index is 2.29. The Morgan fingerprint density at radius 1 is 1.80 bits per heavy atom. The number of nitrogens with zero attached hydrogens (tertiary/aromatic N) is 1. The lowest BCUT2D eigenvalue weighted by Crippen LogP contribution is -2.39. The van der Waals surface area contributed by atoms with Crippen molar-refractivity contribution in [2.45, 2.75) is 32.0 Å². The van der Waals surface area contributed by atoms with Gasteiger partial charge in [0.05, 0.1) is 6.17 Å². The van der Waals surface area contributed by atoms with Crippen LogP contribution in [-0.2, 0) is 0 Å². The molecule has 0 aliphatic carbocycles. The monoisotopic (exact) mass is 142 g/mol. The van der Waals surface area contributed by atoms with E-state index >= 15 is 0 Å². The molecule has 1 aliphatic rings. The van der Waals surface area contributed by atoms with Crippen LogP contribution in [0.2, 0.25) is 0 Å². The second-order valence-electron chi connectivity index (χ2n) is 2.62. The molecule has 1 aliphatic heterocycles. The van der Waals surface area contributed by atoms with Crippen LogP contribution in [0.4, 0.5) is 0 Å². The number of aliphatic imine (C=N–C) groups is 1. The Kier molecular flexibility index (Phi) is 2.83. The number of aliphatic hydroxyl groups excluding tert-OH is 1. The van der Waals surface area contributed by atoms with E-state index in [0.717, 1.165) is 12.8 Å². The molecule has 3 nitrogen and oxygen atoms in total. The number of hydrogen-bond donors (Lipinski definition) is 2. The number of aliphatic hydroxyl groups is 1. The van der Waals surface area contributed by atoms with Gasteiger partial charge in [-0.25, -0.2) is 0 Å². The molecule has 1 rings (SSSR count). The summed E-state index contributed by atoms with van der Waals surface area (Å²) in [6.45, 7) is 2.28. The summed E-state index contributed by atoms with van der Waals surface area (Å²) < 4.78 is 0. The first-order valence-electron chi connectivity index (χ1n) is 3.71. The highest BCUT2D eigenvalue weighted by molar-refractivity contribution is 5.59. The van der Waals surface area contributed by atoms with Gasteiger partial charge in [-0.15, -0.1) is 0 Å². The zero-order chi connectivity index (χ0) is 7.40. The Morgan fingerprint density at radius 2 is 2.60 bits per heavy atom. The molecule has 3 heteroatoms. The van der Waals surface area contributed by atoms with E-state index in [0.29, 0.717) is 6.04 Å². The van der Waals surface area contributed by atoms with Crippen molar-refractivity contribution < 1.29 is 5.11 Å². The average Bonchev–Trinajstić information content (AvgIpc) is 1.88. The zero-order valence-electron chi connectivity index (χ0n) is 6.25. The van der Waals surface area contributed by atoms with E-state index in [2.05, 4.69) is 10.3 Å². The molecule has 1 heterocycles. The molecule has 0 radical (unpaired) electrons. The van der Waals surface area contributed by atoms with Gasteiger partial charge in [-0.3, -0.25) is 10.3 Å². The van der Waals surface area contributed by atoms with E-state index in [-0.39, 0.29) is 12.8 Å². The van der Waals surface area contributed by atoms with Gasteiger partial charge < -0.3 is 5.11 Å². The fourth-order valence-corrected chi connectivity index (χ4v) is 1.16. The maximum absolute atomic E-state index is 8.62. The highest BCUT2D eigenvalue weighted by Crippen LogP contribution is 2.02. The van der Waals surface area contributed by atoms with Crippen molar-refractivity contribution in [1.29, 1.82) is 0 Å². The predicted molar refractivity (Wildman–Crippen MR) is 41.2 cm³/mol. The van der Waals surface area contributed by atoms with Crippen LogP contribution in [0.3, 0.4) is 0 Å². The van der Waals surface area contributed by atoms with Crippen LogP contribution in [0, 0.1) is 0 Å². The van der Waals surface area contributed by atoms with Gasteiger partial charge in [0, 0.05) is 18.9 Å². The molecule has 0 aromatic carbocycles. The van der Waals surface area contributed by atoms with Crippen molar-refractivity contribution in [1.82, 2.24) is 5.32 Å². The first-order valence-corrected chi connectivity index (χ1v) is 3.71. The summed E-state index contributed by atoms with van der Waals surface area (Å²) in [5.74, 6) is 0. The highest BCUT2D eigenvalue weighted by atomic mass is 16.3. The summed E-state index contributed by atoms with van der Waals surface area (Å²) in [4.78, 5) is 4.14. The molecule has 10 heavy (non-hydrogen) atoms. The van der Waals surface area contributed by atoms with Crippen molar-refractivity contribution in [2.24, 2.45) is 4.99 Å². The van der Waals surface area contributed by atoms with E-state index in [1.54, 1.807) is 0 Å². The summed E-state index contributed by atoms with van der Waals surface area (Å²) in [7, 11) is 0. The molecular weight excluding hydrogens is 128 g/mol. The van der Waals surface area contributed by atoms with Crippen LogP contribution in [-0.4, -0.2) is 30.1 Å². The minimum Gasteiger partial charge on any atom is -0.396 e. The third-order valence-corrected chi connectivity index (χ3v) is 1.67. The molecule has 2 unspecified atom stereocenters. The molecule has 2 N–H and O–H groups in total. The fraction of sp³-hybridized carbons (Fsp3) is 0.857. The second kappa shape index (κ2) is 3.68. The topological polar surface area (TPSA) is 44.6 Å². The minimum absolute atomic E-state index is 0.227. The van der Waals surface area contributed by atoms with Crippen LogP contribution in [0.25, 0.3) is 0 Å². The van der Waals surface area contributed by atoms with Crippen LogP contribution >= 0.6 is 0 Å². The Morgan fingerprint density at radius 3 is 3.20 bits per heavy atom. The van der Waals surface area contributed by atoms with Gasteiger partial charge in [-0.05, 0) is 19.8 Å². The van der Waals surface area contributed by atoms with Gasteiger partial charge in [0.15, 0.2) is 0 Å². The third kappa shape index (κ3) is 2.08. The lowest BCUT2D eigenvalue weighted by atomic mass is 10.1. The molecule has 0 bridgehead atoms. The van der Waals surface area contributed by atoms with Crippen LogP contribution in [0.5, 0.6) is 0 Å². The number of nitrogens with one attached hydrogen (secondary N) is 1. The molecular formula is C7H14N2O. The summed E-state index contributed by atoms with van der Waals surface area (Å²) in [5.41, 5.74) is 0. The van der Waals surface area contributed by atoms with Crippen LogP contribution in [0.15, 0.2) is 4.99 Å². The minimum atomic E-state index is 0.227. The van der Waals surface area contributed by atoms with Crippen molar-refractivity contribution in [3.05, 3.63) is 0 Å². The van der Waals surface area contributed by atoms with Gasteiger partial charge in [0.25, 0.3) is 0 Å². The van der Waals surface area contributed by atoms with Gasteiger partial charge in [-0.1, -0.05) is 0 Å². The van der Waals surface area contributed by atoms with Gasteiger partial charge in [-0.2, -0.15) is 0 Å². The zero-order valence-corrected chi connectivity index (χ0v) is 6.25. The van der Waals surface area contributed by atoms with E-state index < -0.39 is 0 Å². The maximum Gasteiger partial charge on any atom is 0.0963 e. The van der Waals surface area contributed by atoms with Gasteiger partial charge in [0.1, 0.15) is 0 Å². The smallest absolute Gasteiger partial charge is 0.0963 e. The maximum atomic E-state index is 8.62. The lowest BCUT2D eigenvalue weighted by Gasteiger charge is -2.22. The SMILES string of the molecule is CC1N=CCC(CCO)N1. The normalized spacial score (nSPS) is 32.6. The molecule has 58 valence electrons. The van der Waals surface area contributed by atoms with Crippen LogP contribution < -0.4 is 5.32 Å². The first-order chi connectivity index (χ1) is 4.83. The Labute approximate surface area is 61.2 Å². The molecule has 0 saturated carbocycles. The summed E-state index contributed by atoms with van der Waals surface area (Å²) in [6, 6.07) is 0.428. The predicted octanol–water partition coefficient (Wildman–Crippen LogP) is 0.148. The second-order valence-corrected chi connectivity index (χ2v) is 2.62.